The molecule has 6 heteroatoms. The molecule has 3 heterocycles. The molecule has 68 heavy (non-hydrogen) atoms. The fourth-order valence-electron chi connectivity index (χ4n) is 9.57. The quantitative estimate of drug-likeness (QED) is 0.112. The van der Waals surface area contributed by atoms with Crippen molar-refractivity contribution in [3.8, 4) is 28.1 Å². The first-order valence-electron chi connectivity index (χ1n) is 27.5. The molecule has 0 saturated heterocycles. The van der Waals surface area contributed by atoms with Gasteiger partial charge in [-0.2, -0.15) is 52.7 Å². The van der Waals surface area contributed by atoms with Crippen LogP contribution in [0.2, 0.25) is 19.6 Å². The van der Waals surface area contributed by atoms with Crippen LogP contribution in [0.1, 0.15) is 85.9 Å². The molecule has 0 fully saturated rings. The van der Waals surface area contributed by atoms with E-state index in [1.165, 1.54) is 10.8 Å². The van der Waals surface area contributed by atoms with Crippen molar-refractivity contribution < 1.29 is 33.4 Å². The zero-order valence-corrected chi connectivity index (χ0v) is 44.1. The predicted molar refractivity (Wildman–Crippen MR) is 288 cm³/mol. The predicted octanol–water partition coefficient (Wildman–Crippen LogP) is 15.9. The Hall–Kier alpha value is -6.00. The van der Waals surface area contributed by atoms with E-state index in [-0.39, 0.29) is 67.8 Å². The van der Waals surface area contributed by atoms with Crippen molar-refractivity contribution in [1.29, 1.82) is 0 Å². The number of rotatable bonds is 8. The molecule has 7 aromatic carbocycles. The Bertz CT molecular complexity index is 3770. The fraction of sp³-hybridized carbons (Fsp3) is 0.226. The minimum Gasteiger partial charge on any atom is -0.493 e. The van der Waals surface area contributed by atoms with Gasteiger partial charge in [0.1, 0.15) is 5.82 Å². The fourth-order valence-corrected chi connectivity index (χ4v) is 10.7. The van der Waals surface area contributed by atoms with Gasteiger partial charge in [-0.15, -0.1) is 17.7 Å². The number of hydrogen-bond acceptors (Lipinski definition) is 3. The van der Waals surface area contributed by atoms with Crippen molar-refractivity contribution in [3.63, 3.8) is 0 Å². The normalized spacial score (nSPS) is 14.9. The zero-order valence-electron chi connectivity index (χ0n) is 49.8. The summed E-state index contributed by atoms with van der Waals surface area (Å²) in [5, 5.41) is 3.39. The molecule has 0 N–H and O–H groups in total. The molecule has 0 atom stereocenters. The molecule has 1 aliphatic rings. The van der Waals surface area contributed by atoms with Crippen LogP contribution in [0.15, 0.2) is 146 Å². The van der Waals surface area contributed by atoms with Crippen LogP contribution in [-0.2, 0) is 31.9 Å². The number of pyridine rings is 1. The van der Waals surface area contributed by atoms with E-state index in [2.05, 4.69) is 137 Å². The molecule has 0 saturated carbocycles. The van der Waals surface area contributed by atoms with Gasteiger partial charge in [-0.05, 0) is 113 Å². The van der Waals surface area contributed by atoms with Gasteiger partial charge in [-0.1, -0.05) is 144 Å². The third-order valence-corrected chi connectivity index (χ3v) is 15.9. The molecule has 9 aromatic rings. The first-order valence-corrected chi connectivity index (χ1v) is 26.5. The molecule has 10 rings (SSSR count). The van der Waals surface area contributed by atoms with Gasteiger partial charge in [-0.3, -0.25) is 0 Å². The van der Waals surface area contributed by atoms with Crippen LogP contribution in [0.4, 0.5) is 22.7 Å². The molecule has 346 valence electrons. The Balaban J connectivity index is 0.00000722. The van der Waals surface area contributed by atoms with E-state index in [0.717, 1.165) is 61.3 Å². The van der Waals surface area contributed by atoms with Crippen LogP contribution in [-0.4, -0.2) is 17.6 Å². The zero-order chi connectivity index (χ0) is 55.0. The molecule has 0 unspecified atom stereocenters. The molecule has 4 nitrogen and oxygen atoms in total. The average Bonchev–Trinajstić information content (AvgIpc) is 4.00. The number of nitrogens with zero attached hydrogens (tertiary/aromatic N) is 4. The second-order valence-corrected chi connectivity index (χ2v) is 25.6. The molecule has 1 aliphatic heterocycles. The first kappa shape index (κ1) is 37.0. The summed E-state index contributed by atoms with van der Waals surface area (Å²) in [4.78, 5) is 8.99. The number of hydrogen-bond donors (Lipinski definition) is 0. The average molecular weight is 1090 g/mol. The summed E-state index contributed by atoms with van der Waals surface area (Å²) in [6.07, 6.45) is 1.89. The van der Waals surface area contributed by atoms with Crippen molar-refractivity contribution in [2.24, 2.45) is 0 Å². The van der Waals surface area contributed by atoms with Crippen LogP contribution in [0.5, 0.6) is 0 Å². The summed E-state index contributed by atoms with van der Waals surface area (Å²) in [5.41, 5.74) is 10.6. The monoisotopic (exact) mass is 1090 g/mol. The van der Waals surface area contributed by atoms with Gasteiger partial charge in [0.2, 0.25) is 0 Å². The Morgan fingerprint density at radius 3 is 2.03 bits per heavy atom. The van der Waals surface area contributed by atoms with Gasteiger partial charge in [0.15, 0.2) is 0 Å². The number of para-hydroxylation sites is 3. The maximum absolute atomic E-state index is 9.47. The molecule has 0 aliphatic carbocycles. The summed E-state index contributed by atoms with van der Waals surface area (Å²) >= 11 is 0. The SMILES string of the molecule is [2H]c1c([2H])c([2H])c(-c2c(C)c(C)c(C)c(-c3c([2H])c([2H])c([2H])c([2H])c3C)c2N2[CH-]N(c3[c-]c(C(C)(C)c4[c-]c5c(cc4)c4ccccc4n5-c4cc(C(C)(C)C)ccn4)cc([Si](C)(C)C)c3)c3ccccc32)c([2H])c1[2H].[Pt]. The van der Waals surface area contributed by atoms with E-state index in [1.54, 1.807) is 6.92 Å². The standard InChI is InChI=1S/C62H61N4Si.Pt/c1-40-22-16-17-25-50(40)59-43(4)41(2)42(3)58(44-23-14-13-15-24-44)60(59)65-39-64(54-28-20-21-29-55(54)65)48-34-47(35-49(38-48)67(10,11)12)62(8,9)46-30-31-52-51-26-18-19-27-53(51)66(56(52)36-46)57-37-45(32-33-63-57)61(5,6)7;/h13-33,35,37-39H,1-12H3;/q-3;/i13D,14D,15D,16D,17D,22D,23D,24D,25D;. The number of anilines is 4. The molecule has 0 amide bonds. The van der Waals surface area contributed by atoms with Gasteiger partial charge < -0.3 is 14.4 Å². The van der Waals surface area contributed by atoms with Crippen LogP contribution in [0.3, 0.4) is 0 Å². The van der Waals surface area contributed by atoms with Crippen molar-refractivity contribution in [2.45, 2.75) is 92.8 Å². The minimum absolute atomic E-state index is 0. The van der Waals surface area contributed by atoms with Gasteiger partial charge in [0.25, 0.3) is 0 Å². The van der Waals surface area contributed by atoms with E-state index >= 15 is 0 Å². The van der Waals surface area contributed by atoms with Crippen molar-refractivity contribution in [3.05, 3.63) is 203 Å². The maximum atomic E-state index is 9.47. The Kier molecular flexibility index (Phi) is 9.51. The molecule has 2 aromatic heterocycles. The van der Waals surface area contributed by atoms with Gasteiger partial charge in [0, 0.05) is 61.0 Å². The second kappa shape index (κ2) is 17.5. The van der Waals surface area contributed by atoms with Gasteiger partial charge in [-0.25, -0.2) is 4.98 Å². The van der Waals surface area contributed by atoms with Crippen LogP contribution >= 0.6 is 0 Å². The van der Waals surface area contributed by atoms with E-state index in [9.17, 15) is 4.11 Å². The molecule has 0 radical (unpaired) electrons. The Morgan fingerprint density at radius 2 is 1.31 bits per heavy atom. The second-order valence-electron chi connectivity index (χ2n) is 20.5. The smallest absolute Gasteiger partial charge is 0.135 e. The van der Waals surface area contributed by atoms with Crippen LogP contribution in [0, 0.1) is 46.5 Å². The van der Waals surface area contributed by atoms with Crippen LogP contribution in [0.25, 0.3) is 49.9 Å². The number of fused-ring (bicyclic) bond motifs is 4. The summed E-state index contributed by atoms with van der Waals surface area (Å²) < 4.78 is 83.3. The maximum Gasteiger partial charge on any atom is 0.135 e. The first-order chi connectivity index (χ1) is 35.7. The molecule has 0 bridgehead atoms. The molecule has 0 spiro atoms. The van der Waals surface area contributed by atoms with Crippen molar-refractivity contribution >= 4 is 57.8 Å². The summed E-state index contributed by atoms with van der Waals surface area (Å²) in [5.74, 6) is 0.826. The van der Waals surface area contributed by atoms with Crippen molar-refractivity contribution in [1.82, 2.24) is 9.55 Å². The Labute approximate surface area is 432 Å². The molecular formula is C62H61N4PtSi-3. The molecular weight excluding hydrogens is 1020 g/mol. The largest absolute Gasteiger partial charge is 0.493 e. The van der Waals surface area contributed by atoms with Crippen molar-refractivity contribution in [2.75, 3.05) is 9.80 Å². The van der Waals surface area contributed by atoms with Gasteiger partial charge >= 0.3 is 0 Å². The summed E-state index contributed by atoms with van der Waals surface area (Å²) in [6, 6.07) is 33.9. The summed E-state index contributed by atoms with van der Waals surface area (Å²) in [7, 11) is -2.08. The number of aromatic nitrogens is 2. The number of benzene rings is 7. The van der Waals surface area contributed by atoms with E-state index < -0.39 is 37.7 Å². The topological polar surface area (TPSA) is 24.3 Å². The van der Waals surface area contributed by atoms with E-state index in [0.29, 0.717) is 33.6 Å². The van der Waals surface area contributed by atoms with Gasteiger partial charge in [0.05, 0.1) is 20.4 Å². The minimum atomic E-state index is -2.08. The van der Waals surface area contributed by atoms with E-state index in [4.69, 9.17) is 13.2 Å². The Morgan fingerprint density at radius 1 is 0.647 bits per heavy atom. The van der Waals surface area contributed by atoms with Crippen LogP contribution < -0.4 is 15.0 Å². The third kappa shape index (κ3) is 7.96. The van der Waals surface area contributed by atoms with E-state index in [1.807, 2.05) is 62.8 Å². The third-order valence-electron chi connectivity index (χ3n) is 13.8. The summed E-state index contributed by atoms with van der Waals surface area (Å²) in [6.45, 7) is 27.4.